The van der Waals surface area contributed by atoms with Crippen molar-refractivity contribution in [3.05, 3.63) is 0 Å². The number of carbonyl (C=O) groups is 4. The van der Waals surface area contributed by atoms with Gasteiger partial charge in [-0.25, -0.2) is 0 Å². The van der Waals surface area contributed by atoms with Crippen molar-refractivity contribution in [1.29, 1.82) is 0 Å². The molecule has 0 aromatic carbocycles. The molecule has 0 saturated heterocycles. The third-order valence-electron chi connectivity index (χ3n) is 6.51. The maximum Gasteiger partial charge on any atom is 0.322 e. The molecule has 0 aromatic heterocycles. The Kier molecular flexibility index (Phi) is 26.0. The van der Waals surface area contributed by atoms with Gasteiger partial charge >= 0.3 is 5.97 Å². The zero-order chi connectivity index (χ0) is 31.8. The highest BCUT2D eigenvalue weighted by Gasteiger charge is 2.28. The number of carboxylic acid groups (broad SMARTS) is 1. The van der Waals surface area contributed by atoms with Crippen molar-refractivity contribution in [2.24, 2.45) is 17.8 Å². The predicted molar refractivity (Wildman–Crippen MR) is 171 cm³/mol. The quantitative estimate of drug-likeness (QED) is 0.147. The third-order valence-corrected chi connectivity index (χ3v) is 7.08. The minimum Gasteiger partial charge on any atom is -0.480 e. The van der Waals surface area contributed by atoms with Gasteiger partial charge in [0.25, 0.3) is 0 Å². The number of unbranched alkanes of at least 4 members (excludes halogenated alkanes) is 1. The van der Waals surface area contributed by atoms with Crippen molar-refractivity contribution in [2.75, 3.05) is 38.2 Å². The molecule has 1 unspecified atom stereocenters. The zero-order valence-corrected chi connectivity index (χ0v) is 28.0. The Balaban J connectivity index is 0. The Morgan fingerprint density at radius 2 is 1.41 bits per heavy atom. The van der Waals surface area contributed by atoms with E-state index >= 15 is 0 Å². The first-order valence-electron chi connectivity index (χ1n) is 15.3. The molecule has 3 amide bonds. The fraction of sp³-hybridized carbons (Fsp3) is 0.867. The van der Waals surface area contributed by atoms with Crippen LogP contribution >= 0.6 is 11.8 Å². The van der Waals surface area contributed by atoms with Crippen LogP contribution in [0.2, 0.25) is 0 Å². The molecule has 1 saturated carbocycles. The summed E-state index contributed by atoms with van der Waals surface area (Å²) in [4.78, 5) is 47.1. The van der Waals surface area contributed by atoms with Crippen molar-refractivity contribution in [1.82, 2.24) is 26.6 Å². The molecule has 1 aliphatic carbocycles. The highest BCUT2D eigenvalue weighted by atomic mass is 32.2. The third kappa shape index (κ3) is 24.5. The topological polar surface area (TPSA) is 149 Å². The summed E-state index contributed by atoms with van der Waals surface area (Å²) in [6, 6.07) is 0.250. The minimum absolute atomic E-state index is 0.0853. The van der Waals surface area contributed by atoms with Gasteiger partial charge in [0.1, 0.15) is 12.6 Å². The molecule has 10 nitrogen and oxygen atoms in total. The molecule has 1 rings (SSSR count). The summed E-state index contributed by atoms with van der Waals surface area (Å²) in [6.07, 6.45) is 8.29. The second-order valence-electron chi connectivity index (χ2n) is 11.4. The van der Waals surface area contributed by atoms with Crippen LogP contribution in [0, 0.1) is 17.8 Å². The molecule has 0 heterocycles. The van der Waals surface area contributed by atoms with Gasteiger partial charge in [-0.1, -0.05) is 61.8 Å². The smallest absolute Gasteiger partial charge is 0.322 e. The van der Waals surface area contributed by atoms with Crippen molar-refractivity contribution in [3.8, 4) is 0 Å². The van der Waals surface area contributed by atoms with Gasteiger partial charge in [-0.05, 0) is 69.0 Å². The molecule has 6 N–H and O–H groups in total. The average Bonchev–Trinajstić information content (AvgIpc) is 2.92. The van der Waals surface area contributed by atoms with Gasteiger partial charge in [0.15, 0.2) is 0 Å². The van der Waals surface area contributed by atoms with Crippen LogP contribution in [0.15, 0.2) is 0 Å². The molecule has 1 atom stereocenters. The molecule has 0 aromatic rings. The van der Waals surface area contributed by atoms with Crippen LogP contribution in [-0.2, 0) is 19.2 Å². The highest BCUT2D eigenvalue weighted by molar-refractivity contribution is 7.98. The van der Waals surface area contributed by atoms with Gasteiger partial charge in [-0.15, -0.1) is 0 Å². The van der Waals surface area contributed by atoms with Crippen molar-refractivity contribution < 1.29 is 24.3 Å². The number of nitrogens with one attached hydrogen (secondary N) is 5. The number of amides is 3. The standard InChI is InChI=1S/C20H36N4O5.C7H17N.C3H8S/c1-12(2)18(20(29)23-11-17(26)27)24-16(25)10-22-19(28)15-7-5-14(6-8-15)9-21-13(3)4;1-4-5-6-8-7(2)3;1-3-4-2/h12-15,18,21H,5-11H2,1-4H3,(H,22,28)(H,23,29)(H,24,25)(H,26,27);7-8H,4-6H2,1-3H3;3H2,1-2H3. The summed E-state index contributed by atoms with van der Waals surface area (Å²) in [5, 5.41) is 22.9. The van der Waals surface area contributed by atoms with E-state index in [9.17, 15) is 19.2 Å². The molecule has 11 heteroatoms. The largest absolute Gasteiger partial charge is 0.480 e. The van der Waals surface area contributed by atoms with Crippen LogP contribution < -0.4 is 26.6 Å². The molecule has 0 radical (unpaired) electrons. The zero-order valence-electron chi connectivity index (χ0n) is 27.2. The number of hydrogen-bond donors (Lipinski definition) is 6. The fourth-order valence-corrected chi connectivity index (χ4v) is 3.94. The average molecular weight is 604 g/mol. The molecule has 0 spiro atoms. The van der Waals surface area contributed by atoms with E-state index in [1.165, 1.54) is 25.1 Å². The summed E-state index contributed by atoms with van der Waals surface area (Å²) in [5.74, 6) is -0.814. The molecule has 41 heavy (non-hydrogen) atoms. The van der Waals surface area contributed by atoms with Crippen molar-refractivity contribution >= 4 is 35.5 Å². The monoisotopic (exact) mass is 603 g/mol. The van der Waals surface area contributed by atoms with Crippen LogP contribution in [0.4, 0.5) is 0 Å². The Labute approximate surface area is 254 Å². The number of hydrogen-bond acceptors (Lipinski definition) is 7. The number of carboxylic acids is 1. The van der Waals surface area contributed by atoms with Gasteiger partial charge in [-0.2, -0.15) is 11.8 Å². The number of carbonyl (C=O) groups excluding carboxylic acids is 3. The first-order valence-corrected chi connectivity index (χ1v) is 16.7. The summed E-state index contributed by atoms with van der Waals surface area (Å²) >= 11 is 1.86. The lowest BCUT2D eigenvalue weighted by atomic mass is 9.81. The van der Waals surface area contributed by atoms with E-state index in [4.69, 9.17) is 5.11 Å². The highest BCUT2D eigenvalue weighted by Crippen LogP contribution is 2.28. The van der Waals surface area contributed by atoms with Gasteiger partial charge in [0, 0.05) is 18.0 Å². The van der Waals surface area contributed by atoms with Crippen LogP contribution in [0.25, 0.3) is 0 Å². The van der Waals surface area contributed by atoms with Crippen LogP contribution in [0.1, 0.15) is 93.9 Å². The summed E-state index contributed by atoms with van der Waals surface area (Å²) in [5.41, 5.74) is 0. The molecular formula is C30H61N5O5S. The molecule has 1 aliphatic rings. The van der Waals surface area contributed by atoms with Gasteiger partial charge in [-0.3, -0.25) is 19.2 Å². The van der Waals surface area contributed by atoms with E-state index in [0.717, 1.165) is 32.2 Å². The first kappa shape index (κ1) is 41.3. The van der Waals surface area contributed by atoms with E-state index in [0.29, 0.717) is 18.0 Å². The van der Waals surface area contributed by atoms with E-state index in [1.54, 1.807) is 13.8 Å². The molecular weight excluding hydrogens is 542 g/mol. The summed E-state index contributed by atoms with van der Waals surface area (Å²) in [6.45, 7) is 17.9. The van der Waals surface area contributed by atoms with Crippen LogP contribution in [0.5, 0.6) is 0 Å². The molecule has 0 aliphatic heterocycles. The van der Waals surface area contributed by atoms with E-state index in [2.05, 4.69) is 74.4 Å². The lowest BCUT2D eigenvalue weighted by Gasteiger charge is -2.28. The maximum absolute atomic E-state index is 12.4. The number of rotatable bonds is 16. The molecule has 1 fully saturated rings. The number of thioether (sulfide) groups is 1. The lowest BCUT2D eigenvalue weighted by molar-refractivity contribution is -0.138. The molecule has 242 valence electrons. The summed E-state index contributed by atoms with van der Waals surface area (Å²) in [7, 11) is 0. The Morgan fingerprint density at radius 3 is 1.85 bits per heavy atom. The van der Waals surface area contributed by atoms with E-state index in [-0.39, 0.29) is 24.3 Å². The minimum atomic E-state index is -1.16. The molecule has 0 bridgehead atoms. The second-order valence-corrected chi connectivity index (χ2v) is 12.6. The lowest BCUT2D eigenvalue weighted by Crippen LogP contribution is -2.52. The SMILES string of the molecule is CC(C)NCC1CCC(C(=O)NCC(=O)NC(C(=O)NCC(=O)O)C(C)C)CC1.CCCCNC(C)C.CCSC. The second kappa shape index (κ2) is 25.8. The van der Waals surface area contributed by atoms with Gasteiger partial charge in [0.05, 0.1) is 6.54 Å². The Bertz CT molecular complexity index is 711. The maximum atomic E-state index is 12.4. The van der Waals surface area contributed by atoms with Crippen LogP contribution in [0.3, 0.4) is 0 Å². The fourth-order valence-electron chi connectivity index (χ4n) is 3.94. The van der Waals surface area contributed by atoms with Crippen molar-refractivity contribution in [3.63, 3.8) is 0 Å². The first-order chi connectivity index (χ1) is 19.3. The Hall–Kier alpha value is -1.85. The van der Waals surface area contributed by atoms with Crippen molar-refractivity contribution in [2.45, 2.75) is 112 Å². The summed E-state index contributed by atoms with van der Waals surface area (Å²) < 4.78 is 0. The van der Waals surface area contributed by atoms with Crippen LogP contribution in [-0.4, -0.2) is 85.1 Å². The van der Waals surface area contributed by atoms with E-state index < -0.39 is 30.4 Å². The van der Waals surface area contributed by atoms with E-state index in [1.807, 2.05) is 11.8 Å². The van der Waals surface area contributed by atoms with Gasteiger partial charge < -0.3 is 31.7 Å². The Morgan fingerprint density at radius 1 is 0.854 bits per heavy atom. The predicted octanol–water partition coefficient (Wildman–Crippen LogP) is 3.40. The normalized spacial score (nSPS) is 17.1. The number of aliphatic carboxylic acids is 1. The van der Waals surface area contributed by atoms with Gasteiger partial charge in [0.2, 0.25) is 17.7 Å².